The highest BCUT2D eigenvalue weighted by atomic mass is 16.8. The van der Waals surface area contributed by atoms with E-state index < -0.39 is 11.3 Å². The molecule has 1 unspecified atom stereocenters. The van der Waals surface area contributed by atoms with Crippen LogP contribution < -0.4 is 5.23 Å². The van der Waals surface area contributed by atoms with Crippen LogP contribution >= 0.6 is 0 Å². The second-order valence-corrected chi connectivity index (χ2v) is 6.53. The normalized spacial score (nSPS) is 21.4. The highest BCUT2D eigenvalue weighted by molar-refractivity contribution is 5.58. The molecule has 1 aliphatic rings. The van der Waals surface area contributed by atoms with E-state index in [9.17, 15) is 10.3 Å². The number of aromatic nitrogens is 3. The first-order chi connectivity index (χ1) is 13.1. The molecule has 140 valence electrons. The molecule has 9 nitrogen and oxygen atoms in total. The molecule has 3 N–H and O–H groups in total. The maximum Gasteiger partial charge on any atom is 0.244 e. The van der Waals surface area contributed by atoms with Gasteiger partial charge in [-0.05, 0) is 24.1 Å². The number of pyridine rings is 1. The highest BCUT2D eigenvalue weighted by Crippen LogP contribution is 2.33. The lowest BCUT2D eigenvalue weighted by molar-refractivity contribution is -0.991. The number of hydrogen-bond donors (Lipinski definition) is 3. The third-order valence-corrected chi connectivity index (χ3v) is 4.61. The minimum Gasteiger partial charge on any atom is -0.595 e. The monoisotopic (exact) mass is 369 g/mol. The van der Waals surface area contributed by atoms with Crippen molar-refractivity contribution in [3.63, 3.8) is 0 Å². The van der Waals surface area contributed by atoms with E-state index in [4.69, 9.17) is 9.73 Å². The molecule has 1 saturated heterocycles. The molecule has 0 saturated carbocycles. The summed E-state index contributed by atoms with van der Waals surface area (Å²) in [6.07, 6.45) is 3.50. The van der Waals surface area contributed by atoms with Gasteiger partial charge in [0.1, 0.15) is 0 Å². The van der Waals surface area contributed by atoms with E-state index in [-0.39, 0.29) is 11.7 Å². The predicted molar refractivity (Wildman–Crippen MR) is 93.5 cm³/mol. The van der Waals surface area contributed by atoms with E-state index in [1.165, 1.54) is 12.1 Å². The van der Waals surface area contributed by atoms with Gasteiger partial charge in [0.05, 0.1) is 12.1 Å². The number of quaternary nitrogens is 1. The van der Waals surface area contributed by atoms with Crippen molar-refractivity contribution in [2.45, 2.75) is 25.1 Å². The summed E-state index contributed by atoms with van der Waals surface area (Å²) in [7, 11) is 0. The van der Waals surface area contributed by atoms with Gasteiger partial charge in [0.2, 0.25) is 11.7 Å². The van der Waals surface area contributed by atoms with Crippen LogP contribution in [0.1, 0.15) is 23.9 Å². The molecule has 3 atom stereocenters. The minimum atomic E-state index is -1.01. The van der Waals surface area contributed by atoms with Crippen LogP contribution in [0.5, 0.6) is 0 Å². The average molecular weight is 369 g/mol. The Morgan fingerprint density at radius 2 is 2.07 bits per heavy atom. The first-order valence-electron chi connectivity index (χ1n) is 8.58. The molecule has 1 aliphatic heterocycles. The second kappa shape index (κ2) is 7.51. The van der Waals surface area contributed by atoms with E-state index in [2.05, 4.69) is 20.0 Å². The minimum absolute atomic E-state index is 0.162. The summed E-state index contributed by atoms with van der Waals surface area (Å²) in [5.74, 6) is 0.745. The van der Waals surface area contributed by atoms with Gasteiger partial charge in [-0.3, -0.25) is 9.88 Å². The third-order valence-electron chi connectivity index (χ3n) is 4.61. The van der Waals surface area contributed by atoms with Gasteiger partial charge in [-0.2, -0.15) is 10.2 Å². The number of nitrogens with one attached hydrogen (secondary N) is 1. The number of aliphatic hydroxyl groups excluding tert-OH is 1. The highest BCUT2D eigenvalue weighted by Gasteiger charge is 2.36. The number of rotatable bonds is 5. The third kappa shape index (κ3) is 3.87. The van der Waals surface area contributed by atoms with Crippen molar-refractivity contribution in [2.24, 2.45) is 0 Å². The average Bonchev–Trinajstić information content (AvgIpc) is 3.29. The van der Waals surface area contributed by atoms with Gasteiger partial charge in [0.15, 0.2) is 5.69 Å². The Kier molecular flexibility index (Phi) is 4.92. The Labute approximate surface area is 155 Å². The fourth-order valence-corrected chi connectivity index (χ4v) is 3.31. The molecule has 0 aliphatic carbocycles. The van der Waals surface area contributed by atoms with Crippen LogP contribution in [-0.4, -0.2) is 43.0 Å². The number of benzene rings is 1. The number of aliphatic hydroxyl groups is 1. The van der Waals surface area contributed by atoms with Gasteiger partial charge in [0.25, 0.3) is 0 Å². The van der Waals surface area contributed by atoms with Crippen LogP contribution in [0.25, 0.3) is 11.4 Å². The van der Waals surface area contributed by atoms with Gasteiger partial charge >= 0.3 is 0 Å². The molecule has 27 heavy (non-hydrogen) atoms. The maximum absolute atomic E-state index is 11.1. The summed E-state index contributed by atoms with van der Waals surface area (Å²) < 4.78 is 5.45. The van der Waals surface area contributed by atoms with Gasteiger partial charge in [-0.15, -0.1) is 0 Å². The van der Waals surface area contributed by atoms with Crippen molar-refractivity contribution < 1.29 is 20.1 Å². The summed E-state index contributed by atoms with van der Waals surface area (Å²) in [6.45, 7) is 1.15. The van der Waals surface area contributed by atoms with Gasteiger partial charge in [0, 0.05) is 43.2 Å². The van der Waals surface area contributed by atoms with Crippen LogP contribution in [0, 0.1) is 5.21 Å². The Hall–Kier alpha value is -2.69. The van der Waals surface area contributed by atoms with Gasteiger partial charge in [-0.1, -0.05) is 17.3 Å². The quantitative estimate of drug-likeness (QED) is 0.566. The number of nitrogens with zero attached hydrogens (tertiary/aromatic N) is 4. The largest absolute Gasteiger partial charge is 0.595 e. The first kappa shape index (κ1) is 17.7. The fourth-order valence-electron chi connectivity index (χ4n) is 3.31. The first-order valence-corrected chi connectivity index (χ1v) is 8.58. The molecule has 0 radical (unpaired) electrons. The maximum atomic E-state index is 11.1. The van der Waals surface area contributed by atoms with E-state index in [1.807, 2.05) is 12.1 Å². The van der Waals surface area contributed by atoms with Crippen LogP contribution in [0.15, 0.2) is 53.3 Å². The summed E-state index contributed by atoms with van der Waals surface area (Å²) in [5, 5.41) is 33.4. The van der Waals surface area contributed by atoms with Gasteiger partial charge in [-0.25, -0.2) is 5.21 Å². The Morgan fingerprint density at radius 1 is 1.26 bits per heavy atom. The molecule has 3 aromatic rings. The van der Waals surface area contributed by atoms with Crippen LogP contribution in [0.4, 0.5) is 5.69 Å². The lowest BCUT2D eigenvalue weighted by atomic mass is 10.1. The Bertz CT molecular complexity index is 902. The fraction of sp³-hybridized carbons (Fsp3) is 0.278. The molecule has 0 bridgehead atoms. The zero-order valence-corrected chi connectivity index (χ0v) is 14.4. The molecule has 0 spiro atoms. The standard InChI is InChI=1S/C18H19N5O4/c24-15-9-16(22(11-15)10-12-4-6-19-7-5-12)18-20-17(21-27-18)13-2-1-3-14(8-13)23(25)26/h1-8,15-16,23-25H,9-11H2/t15-,16+/m1/s1. The molecular formula is C18H19N5O4. The lowest BCUT2D eigenvalue weighted by Crippen LogP contribution is -2.99. The SMILES string of the molecule is [O-][NH+](O)c1cccc(-c2noc([C@@H]3C[C@@H](O)CN3Cc3ccncc3)n2)c1. The Morgan fingerprint density at radius 3 is 2.85 bits per heavy atom. The van der Waals surface area contributed by atoms with Crippen molar-refractivity contribution in [1.82, 2.24) is 20.0 Å². The predicted octanol–water partition coefficient (Wildman–Crippen LogP) is 0.843. The summed E-state index contributed by atoms with van der Waals surface area (Å²) in [6, 6.07) is 10.1. The number of β-amino-alcohol motifs (C(OH)–C–C–N with tert-alkyl or cyclic N) is 1. The molecular weight excluding hydrogens is 350 g/mol. The second-order valence-electron chi connectivity index (χ2n) is 6.53. The van der Waals surface area contributed by atoms with Crippen LogP contribution in [0.2, 0.25) is 0 Å². The van der Waals surface area contributed by atoms with E-state index in [0.29, 0.717) is 36.8 Å². The number of likely N-dealkylation sites (tertiary alicyclic amines) is 1. The molecule has 0 amide bonds. The molecule has 1 aromatic carbocycles. The summed E-state index contributed by atoms with van der Waals surface area (Å²) in [4.78, 5) is 10.6. The summed E-state index contributed by atoms with van der Waals surface area (Å²) in [5.41, 5.74) is 1.82. The van der Waals surface area contributed by atoms with Crippen molar-refractivity contribution in [1.29, 1.82) is 0 Å². The molecule has 3 heterocycles. The molecule has 4 rings (SSSR count). The van der Waals surface area contributed by atoms with Crippen LogP contribution in [0.3, 0.4) is 0 Å². The lowest BCUT2D eigenvalue weighted by Gasteiger charge is -2.20. The zero-order chi connectivity index (χ0) is 18.8. The molecule has 2 aromatic heterocycles. The topological polar surface area (TPSA) is 123 Å². The smallest absolute Gasteiger partial charge is 0.244 e. The van der Waals surface area contributed by atoms with Crippen molar-refractivity contribution in [2.75, 3.05) is 6.54 Å². The summed E-state index contributed by atoms with van der Waals surface area (Å²) >= 11 is 0. The zero-order valence-electron chi connectivity index (χ0n) is 14.4. The Balaban J connectivity index is 1.57. The van der Waals surface area contributed by atoms with Gasteiger partial charge < -0.3 is 14.8 Å². The van der Waals surface area contributed by atoms with Crippen LogP contribution in [-0.2, 0) is 6.54 Å². The van der Waals surface area contributed by atoms with Crippen molar-refractivity contribution >= 4 is 5.69 Å². The van der Waals surface area contributed by atoms with E-state index in [0.717, 1.165) is 5.56 Å². The van der Waals surface area contributed by atoms with Crippen molar-refractivity contribution in [3.8, 4) is 11.4 Å². The molecule has 1 fully saturated rings. The molecule has 9 heteroatoms. The van der Waals surface area contributed by atoms with E-state index in [1.54, 1.807) is 24.5 Å². The van der Waals surface area contributed by atoms with E-state index >= 15 is 0 Å². The van der Waals surface area contributed by atoms with Crippen molar-refractivity contribution in [3.05, 3.63) is 65.5 Å². The number of hydrogen-bond acceptors (Lipinski definition) is 8.